The average molecular weight is 709 g/mol. The number of anilines is 2. The number of rotatable bonds is 6. The smallest absolute Gasteiger partial charge is 0.346 e. The zero-order valence-corrected chi connectivity index (χ0v) is 27.4. The Morgan fingerprint density at radius 2 is 1.90 bits per heavy atom. The number of pyridine rings is 1. The van der Waals surface area contributed by atoms with E-state index in [-0.39, 0.29) is 75.5 Å². The zero-order chi connectivity index (χ0) is 36.5. The van der Waals surface area contributed by atoms with Crippen molar-refractivity contribution in [2.45, 2.75) is 43.8 Å². The summed E-state index contributed by atoms with van der Waals surface area (Å²) in [5, 5.41) is 53.6. The van der Waals surface area contributed by atoms with E-state index in [4.69, 9.17) is 21.6 Å². The highest BCUT2D eigenvalue weighted by atomic mass is 19.1. The summed E-state index contributed by atoms with van der Waals surface area (Å²) >= 11 is 0. The molecule has 13 nitrogen and oxygen atoms in total. The van der Waals surface area contributed by atoms with Gasteiger partial charge in [0.15, 0.2) is 5.82 Å². The van der Waals surface area contributed by atoms with E-state index in [0.717, 1.165) is 4.90 Å². The third-order valence-electron chi connectivity index (χ3n) is 9.82. The van der Waals surface area contributed by atoms with Gasteiger partial charge in [0.2, 0.25) is 0 Å². The van der Waals surface area contributed by atoms with Crippen molar-refractivity contribution in [1.29, 1.82) is 0 Å². The van der Waals surface area contributed by atoms with E-state index in [2.05, 4.69) is 20.9 Å². The highest BCUT2D eigenvalue weighted by molar-refractivity contribution is 6.03. The monoisotopic (exact) mass is 708 g/mol. The largest absolute Gasteiger partial charge is 0.405 e. The second-order valence-corrected chi connectivity index (χ2v) is 13.5. The van der Waals surface area contributed by atoms with Crippen LogP contribution in [0.5, 0.6) is 6.01 Å². The van der Waals surface area contributed by atoms with Crippen LogP contribution in [0.25, 0.3) is 32.9 Å². The molecule has 1 spiro atoms. The number of nitrogens with two attached hydrogens (primary N) is 1. The van der Waals surface area contributed by atoms with Crippen molar-refractivity contribution in [3.05, 3.63) is 59.6 Å². The number of ether oxygens (including phenoxy) is 2. The number of aromatic nitrogens is 3. The number of nitrogens with zero attached hydrogens (tertiary/aromatic N) is 5. The normalized spacial score (nSPS) is 22.0. The lowest BCUT2D eigenvalue weighted by Crippen LogP contribution is -2.63. The number of fused-ring (bicyclic) bond motifs is 2. The number of aliphatic hydroxyl groups is 5. The van der Waals surface area contributed by atoms with E-state index in [1.807, 2.05) is 6.92 Å². The van der Waals surface area contributed by atoms with Crippen LogP contribution in [0.15, 0.2) is 42.4 Å². The van der Waals surface area contributed by atoms with Crippen LogP contribution in [0.1, 0.15) is 31.7 Å². The van der Waals surface area contributed by atoms with E-state index in [1.165, 1.54) is 24.4 Å². The molecule has 16 heteroatoms. The van der Waals surface area contributed by atoms with Crippen LogP contribution in [-0.2, 0) is 4.74 Å². The Bertz CT molecular complexity index is 2110. The number of nitrogen functional groups attached to an aromatic ring is 1. The molecule has 4 aromatic rings. The minimum Gasteiger partial charge on any atom is -0.405 e. The molecule has 0 radical (unpaired) electrons. The highest BCUT2D eigenvalue weighted by Gasteiger charge is 2.61. The number of hydrogen-bond donors (Lipinski definition) is 6. The molecule has 4 heterocycles. The topological polar surface area (TPSA) is 191 Å². The predicted octanol–water partition coefficient (Wildman–Crippen LogP) is 2.47. The SMILES string of the molecule is C#Cc1c(F)ccc2cc(N)cc(-c3ncc4c(N5CCOCC(C)C5)nc(OC(O)(O)C5CN(C(O)(O)O)C6(CC6)C/C5=C/F)nc4c3F)c12. The maximum Gasteiger partial charge on any atom is 0.346 e. The Labute approximate surface area is 289 Å². The molecular formula is C35H35F3N6O7. The molecule has 3 aliphatic rings. The van der Waals surface area contributed by atoms with Gasteiger partial charge >= 0.3 is 18.1 Å². The standard InChI is InChI=1S/C35H35F3N6O7/c1-3-22-26(37)5-4-19-10-21(39)11-23(27(19)22)29-28(38)30-24(14-40-29)31(43-8-9-50-17-18(2)15-43)42-32(41-30)51-34(45,46)25-16-44(35(47,48)49)33(6-7-33)12-20(25)13-36/h1,4-5,10-11,13-14,18,25,45-49H,6-9,12,15-17,39H2,2H3/b20-13-. The minimum atomic E-state index is -3.36. The van der Waals surface area contributed by atoms with Gasteiger partial charge in [0.25, 0.3) is 0 Å². The van der Waals surface area contributed by atoms with Crippen molar-refractivity contribution in [1.82, 2.24) is 19.9 Å². The van der Waals surface area contributed by atoms with Crippen LogP contribution in [-0.4, -0.2) is 95.8 Å². The molecule has 2 saturated heterocycles. The molecule has 2 aromatic carbocycles. The fourth-order valence-corrected chi connectivity index (χ4v) is 7.26. The molecule has 51 heavy (non-hydrogen) atoms. The Balaban J connectivity index is 1.38. The van der Waals surface area contributed by atoms with Crippen molar-refractivity contribution in [3.63, 3.8) is 0 Å². The number of benzene rings is 2. The number of halogens is 3. The molecule has 0 amide bonds. The molecule has 2 atom stereocenters. The van der Waals surface area contributed by atoms with Crippen molar-refractivity contribution < 1.29 is 48.2 Å². The number of likely N-dealkylation sites (tertiary alicyclic amines) is 1. The van der Waals surface area contributed by atoms with Gasteiger partial charge in [0.1, 0.15) is 22.8 Å². The second-order valence-electron chi connectivity index (χ2n) is 13.5. The molecule has 1 aliphatic carbocycles. The number of hydrogen-bond acceptors (Lipinski definition) is 13. The lowest BCUT2D eigenvalue weighted by Gasteiger charge is -2.46. The van der Waals surface area contributed by atoms with Gasteiger partial charge in [-0.15, -0.1) is 6.42 Å². The first kappa shape index (κ1) is 34.8. The van der Waals surface area contributed by atoms with E-state index in [0.29, 0.717) is 37.9 Å². The van der Waals surface area contributed by atoms with Gasteiger partial charge in [-0.1, -0.05) is 18.9 Å². The van der Waals surface area contributed by atoms with E-state index < -0.39 is 47.7 Å². The molecule has 3 fully saturated rings. The van der Waals surface area contributed by atoms with Gasteiger partial charge in [-0.25, -0.2) is 18.1 Å². The molecular weight excluding hydrogens is 673 g/mol. The molecule has 268 valence electrons. The summed E-state index contributed by atoms with van der Waals surface area (Å²) in [5.41, 5.74) is 4.49. The number of piperidine rings is 1. The van der Waals surface area contributed by atoms with Crippen molar-refractivity contribution in [2.24, 2.45) is 11.8 Å². The first-order chi connectivity index (χ1) is 24.2. The van der Waals surface area contributed by atoms with Gasteiger partial charge in [0, 0.05) is 48.0 Å². The maximum atomic E-state index is 16.9. The van der Waals surface area contributed by atoms with E-state index in [9.17, 15) is 34.3 Å². The first-order valence-electron chi connectivity index (χ1n) is 16.2. The van der Waals surface area contributed by atoms with Crippen molar-refractivity contribution in [2.75, 3.05) is 43.5 Å². The summed E-state index contributed by atoms with van der Waals surface area (Å²) in [6.07, 6.45) is 4.38. The first-order valence-corrected chi connectivity index (χ1v) is 16.2. The molecule has 2 unspecified atom stereocenters. The lowest BCUT2D eigenvalue weighted by molar-refractivity contribution is -0.415. The zero-order valence-electron chi connectivity index (χ0n) is 27.4. The summed E-state index contributed by atoms with van der Waals surface area (Å²) < 4.78 is 57.3. The predicted molar refractivity (Wildman–Crippen MR) is 178 cm³/mol. The van der Waals surface area contributed by atoms with Crippen LogP contribution in [0, 0.1) is 35.8 Å². The lowest BCUT2D eigenvalue weighted by atomic mass is 9.84. The van der Waals surface area contributed by atoms with Gasteiger partial charge in [-0.3, -0.25) is 4.98 Å². The van der Waals surface area contributed by atoms with Crippen LogP contribution < -0.4 is 15.4 Å². The Hall–Kier alpha value is -4.60. The quantitative estimate of drug-likeness (QED) is 0.0974. The summed E-state index contributed by atoms with van der Waals surface area (Å²) in [6, 6.07) is 4.85. The van der Waals surface area contributed by atoms with Crippen molar-refractivity contribution in [3.8, 4) is 29.6 Å². The van der Waals surface area contributed by atoms with Crippen LogP contribution in [0.3, 0.4) is 0 Å². The Morgan fingerprint density at radius 1 is 1.14 bits per heavy atom. The molecule has 7 rings (SSSR count). The molecule has 2 aliphatic heterocycles. The van der Waals surface area contributed by atoms with E-state index in [1.54, 1.807) is 11.0 Å². The van der Waals surface area contributed by atoms with Crippen LogP contribution in [0.2, 0.25) is 0 Å². The highest BCUT2D eigenvalue weighted by Crippen LogP contribution is 2.54. The van der Waals surface area contributed by atoms with Gasteiger partial charge < -0.3 is 45.6 Å². The number of terminal acetylenes is 1. The van der Waals surface area contributed by atoms with E-state index >= 15 is 4.39 Å². The summed E-state index contributed by atoms with van der Waals surface area (Å²) in [7, 11) is 0. The Kier molecular flexibility index (Phi) is 8.58. The van der Waals surface area contributed by atoms with Crippen LogP contribution in [0.4, 0.5) is 24.7 Å². The Morgan fingerprint density at radius 3 is 2.59 bits per heavy atom. The van der Waals surface area contributed by atoms with Crippen LogP contribution >= 0.6 is 0 Å². The van der Waals surface area contributed by atoms with Crippen molar-refractivity contribution >= 4 is 33.2 Å². The molecule has 0 bridgehead atoms. The summed E-state index contributed by atoms with van der Waals surface area (Å²) in [4.78, 5) is 15.6. The van der Waals surface area contributed by atoms with Gasteiger partial charge in [-0.05, 0) is 54.3 Å². The maximum absolute atomic E-state index is 16.9. The fourth-order valence-electron chi connectivity index (χ4n) is 7.26. The molecule has 2 aromatic heterocycles. The third kappa shape index (κ3) is 6.20. The molecule has 7 N–H and O–H groups in total. The summed E-state index contributed by atoms with van der Waals surface area (Å²) in [5.74, 6) is -4.31. The third-order valence-corrected chi connectivity index (χ3v) is 9.82. The van der Waals surface area contributed by atoms with Gasteiger partial charge in [0.05, 0.1) is 36.4 Å². The van der Waals surface area contributed by atoms with Gasteiger partial charge in [-0.2, -0.15) is 9.97 Å². The fraction of sp³-hybridized carbons (Fsp3) is 0.400. The minimum absolute atomic E-state index is 0.000374. The second kappa shape index (κ2) is 12.6. The average Bonchev–Trinajstić information content (AvgIpc) is 3.87. The molecule has 1 saturated carbocycles. The summed E-state index contributed by atoms with van der Waals surface area (Å²) in [6.45, 7) is 2.69.